The first-order valence-corrected chi connectivity index (χ1v) is 12.0. The van der Waals surface area contributed by atoms with Crippen LogP contribution in [0.2, 0.25) is 0 Å². The van der Waals surface area contributed by atoms with Crippen molar-refractivity contribution < 1.29 is 27.6 Å². The standard InChI is InChI=1S/C24H27F3N6O4/c1-23(16-32-14-20(33(35)36)28-21(32)37-23)15-29-10-12-31(13-11-29)22(34)30-8-6-18(7-9-30)17-2-4-19(5-3-17)24(25,26)27/h2-6,14H,7-13,15-16H2,1H3. The summed E-state index contributed by atoms with van der Waals surface area (Å²) in [7, 11) is 0. The molecule has 1 aromatic heterocycles. The van der Waals surface area contributed by atoms with E-state index < -0.39 is 22.3 Å². The number of imidazole rings is 1. The number of amides is 2. The second kappa shape index (κ2) is 9.36. The maximum absolute atomic E-state index is 13.1. The molecule has 1 unspecified atom stereocenters. The molecular formula is C24H27F3N6O4. The van der Waals surface area contributed by atoms with E-state index in [1.165, 1.54) is 18.3 Å². The van der Waals surface area contributed by atoms with Crippen molar-refractivity contribution in [2.75, 3.05) is 45.8 Å². The van der Waals surface area contributed by atoms with Gasteiger partial charge in [-0.3, -0.25) is 9.47 Å². The quantitative estimate of drug-likeness (QED) is 0.452. The van der Waals surface area contributed by atoms with Crippen molar-refractivity contribution in [2.24, 2.45) is 0 Å². The Morgan fingerprint density at radius 3 is 2.41 bits per heavy atom. The monoisotopic (exact) mass is 520 g/mol. The third kappa shape index (κ3) is 5.26. The molecule has 0 N–H and O–H groups in total. The highest BCUT2D eigenvalue weighted by Gasteiger charge is 2.42. The zero-order valence-electron chi connectivity index (χ0n) is 20.3. The molecule has 0 saturated carbocycles. The fourth-order valence-corrected chi connectivity index (χ4v) is 5.11. The summed E-state index contributed by atoms with van der Waals surface area (Å²) >= 11 is 0. The van der Waals surface area contributed by atoms with E-state index in [1.54, 1.807) is 9.47 Å². The molecule has 198 valence electrons. The molecule has 1 saturated heterocycles. The number of benzene rings is 1. The molecule has 0 bridgehead atoms. The molecular weight excluding hydrogens is 493 g/mol. The number of nitro groups is 1. The van der Waals surface area contributed by atoms with Gasteiger partial charge < -0.3 is 24.7 Å². The number of hydrogen-bond acceptors (Lipinski definition) is 6. The number of urea groups is 1. The van der Waals surface area contributed by atoms with Crippen LogP contribution in [0.1, 0.15) is 24.5 Å². The molecule has 5 rings (SSSR count). The van der Waals surface area contributed by atoms with Gasteiger partial charge in [0.05, 0.1) is 12.1 Å². The average molecular weight is 521 g/mol. The Bertz CT molecular complexity index is 1190. The zero-order valence-corrected chi connectivity index (χ0v) is 20.3. The van der Waals surface area contributed by atoms with Crippen LogP contribution < -0.4 is 4.74 Å². The lowest BCUT2D eigenvalue weighted by atomic mass is 9.98. The summed E-state index contributed by atoms with van der Waals surface area (Å²) in [4.78, 5) is 33.1. The van der Waals surface area contributed by atoms with Crippen molar-refractivity contribution in [2.45, 2.75) is 31.7 Å². The topological polar surface area (TPSA) is 97.0 Å². The van der Waals surface area contributed by atoms with Crippen molar-refractivity contribution in [3.63, 3.8) is 0 Å². The molecule has 0 radical (unpaired) electrons. The van der Waals surface area contributed by atoms with Gasteiger partial charge in [0.15, 0.2) is 0 Å². The Morgan fingerprint density at radius 1 is 1.14 bits per heavy atom. The molecule has 2 aromatic rings. The number of aromatic nitrogens is 2. The summed E-state index contributed by atoms with van der Waals surface area (Å²) < 4.78 is 46.0. The first-order valence-electron chi connectivity index (χ1n) is 12.0. The van der Waals surface area contributed by atoms with E-state index in [0.29, 0.717) is 58.8 Å². The van der Waals surface area contributed by atoms with Gasteiger partial charge in [-0.25, -0.2) is 4.79 Å². The summed E-state index contributed by atoms with van der Waals surface area (Å²) in [5, 5.41) is 10.9. The number of alkyl halides is 3. The number of piperazine rings is 1. The van der Waals surface area contributed by atoms with Crippen LogP contribution in [0, 0.1) is 10.1 Å². The van der Waals surface area contributed by atoms with E-state index in [1.807, 2.05) is 17.9 Å². The van der Waals surface area contributed by atoms with Gasteiger partial charge in [-0.1, -0.05) is 18.2 Å². The Hall–Kier alpha value is -3.61. The van der Waals surface area contributed by atoms with Gasteiger partial charge in [0.2, 0.25) is 0 Å². The van der Waals surface area contributed by atoms with Crippen LogP contribution in [0.3, 0.4) is 0 Å². The lowest BCUT2D eigenvalue weighted by molar-refractivity contribution is -0.389. The fourth-order valence-electron chi connectivity index (χ4n) is 5.11. The lowest BCUT2D eigenvalue weighted by Gasteiger charge is -2.40. The zero-order chi connectivity index (χ0) is 26.4. The van der Waals surface area contributed by atoms with Crippen LogP contribution in [0.15, 0.2) is 36.5 Å². The predicted molar refractivity (Wildman–Crippen MR) is 127 cm³/mol. The van der Waals surface area contributed by atoms with Crippen LogP contribution in [0.25, 0.3) is 5.57 Å². The minimum Gasteiger partial charge on any atom is -0.436 e. The van der Waals surface area contributed by atoms with Crippen molar-refractivity contribution in [3.8, 4) is 6.01 Å². The fraction of sp³-hybridized carbons (Fsp3) is 0.500. The predicted octanol–water partition coefficient (Wildman–Crippen LogP) is 3.49. The molecule has 0 spiro atoms. The summed E-state index contributed by atoms with van der Waals surface area (Å²) in [6.07, 6.45) is -0.486. The van der Waals surface area contributed by atoms with Gasteiger partial charge in [-0.2, -0.15) is 13.2 Å². The van der Waals surface area contributed by atoms with Crippen LogP contribution >= 0.6 is 0 Å². The van der Waals surface area contributed by atoms with E-state index in [-0.39, 0.29) is 17.9 Å². The number of halogens is 3. The average Bonchev–Trinajstić information content (AvgIpc) is 3.39. The van der Waals surface area contributed by atoms with E-state index in [9.17, 15) is 28.1 Å². The van der Waals surface area contributed by atoms with Crippen molar-refractivity contribution in [1.82, 2.24) is 24.3 Å². The van der Waals surface area contributed by atoms with Gasteiger partial charge in [0, 0.05) is 50.8 Å². The summed E-state index contributed by atoms with van der Waals surface area (Å²) in [6, 6.07) is 5.34. The van der Waals surface area contributed by atoms with Gasteiger partial charge >= 0.3 is 24.0 Å². The van der Waals surface area contributed by atoms with Crippen LogP contribution in [0.4, 0.5) is 23.8 Å². The highest BCUT2D eigenvalue weighted by molar-refractivity contribution is 5.77. The number of hydrogen-bond donors (Lipinski definition) is 0. The third-order valence-corrected chi connectivity index (χ3v) is 7.02. The Balaban J connectivity index is 1.10. The van der Waals surface area contributed by atoms with E-state index in [2.05, 4.69) is 9.88 Å². The number of rotatable bonds is 4. The second-order valence-corrected chi connectivity index (χ2v) is 9.86. The summed E-state index contributed by atoms with van der Waals surface area (Å²) in [6.45, 7) is 6.42. The van der Waals surface area contributed by atoms with E-state index in [4.69, 9.17) is 4.74 Å². The van der Waals surface area contributed by atoms with Crippen molar-refractivity contribution in [1.29, 1.82) is 0 Å². The summed E-state index contributed by atoms with van der Waals surface area (Å²) in [5.74, 6) is -0.233. The van der Waals surface area contributed by atoms with Crippen molar-refractivity contribution in [3.05, 3.63) is 57.8 Å². The third-order valence-electron chi connectivity index (χ3n) is 7.02. The maximum Gasteiger partial charge on any atom is 0.416 e. The first kappa shape index (κ1) is 25.1. The van der Waals surface area contributed by atoms with Gasteiger partial charge in [0.25, 0.3) is 0 Å². The number of carbonyl (C=O) groups excluding carboxylic acids is 1. The molecule has 3 aliphatic rings. The van der Waals surface area contributed by atoms with Gasteiger partial charge in [0.1, 0.15) is 11.8 Å². The molecule has 10 nitrogen and oxygen atoms in total. The summed E-state index contributed by atoms with van der Waals surface area (Å²) in [5.41, 5.74) is 0.452. The number of nitrogens with zero attached hydrogens (tertiary/aromatic N) is 6. The molecule has 3 aliphatic heterocycles. The Labute approximate surface area is 211 Å². The first-order chi connectivity index (χ1) is 17.5. The van der Waals surface area contributed by atoms with Crippen LogP contribution in [0.5, 0.6) is 6.01 Å². The van der Waals surface area contributed by atoms with E-state index in [0.717, 1.165) is 23.3 Å². The number of carbonyl (C=O) groups is 1. The van der Waals surface area contributed by atoms with Crippen molar-refractivity contribution >= 4 is 17.4 Å². The minimum absolute atomic E-state index is 0.0434. The second-order valence-electron chi connectivity index (χ2n) is 9.86. The molecule has 13 heteroatoms. The van der Waals surface area contributed by atoms with Gasteiger partial charge in [-0.05, 0) is 41.5 Å². The molecule has 37 heavy (non-hydrogen) atoms. The maximum atomic E-state index is 13.1. The van der Waals surface area contributed by atoms with Crippen LogP contribution in [-0.2, 0) is 12.7 Å². The molecule has 1 aromatic carbocycles. The minimum atomic E-state index is -4.36. The lowest BCUT2D eigenvalue weighted by Crippen LogP contribution is -2.56. The normalized spacial score (nSPS) is 22.4. The van der Waals surface area contributed by atoms with E-state index >= 15 is 0 Å². The highest BCUT2D eigenvalue weighted by Crippen LogP contribution is 2.33. The Kier molecular flexibility index (Phi) is 6.34. The number of ether oxygens (including phenoxy) is 1. The smallest absolute Gasteiger partial charge is 0.416 e. The highest BCUT2D eigenvalue weighted by atomic mass is 19.4. The van der Waals surface area contributed by atoms with Gasteiger partial charge in [-0.15, -0.1) is 0 Å². The Morgan fingerprint density at radius 2 is 1.84 bits per heavy atom. The molecule has 1 fully saturated rings. The van der Waals surface area contributed by atoms with Crippen LogP contribution in [-0.4, -0.2) is 86.6 Å². The number of fused-ring (bicyclic) bond motifs is 1. The molecule has 2 amide bonds. The molecule has 1 atom stereocenters. The molecule has 0 aliphatic carbocycles. The molecule has 4 heterocycles. The SMILES string of the molecule is CC1(CN2CCN(C(=O)N3CC=C(c4ccc(C(F)(F)F)cc4)CC3)CC2)Cn2cc([N+](=O)[O-])nc2O1. The largest absolute Gasteiger partial charge is 0.436 e.